The van der Waals surface area contributed by atoms with E-state index in [0.29, 0.717) is 12.1 Å². The number of alkyl halides is 3. The number of hydrogen-bond acceptors (Lipinski definition) is 2. The molecule has 0 unspecified atom stereocenters. The zero-order valence-corrected chi connectivity index (χ0v) is 7.69. The number of azide groups is 1. The van der Waals surface area contributed by atoms with Crippen molar-refractivity contribution in [1.29, 1.82) is 0 Å². The van der Waals surface area contributed by atoms with Crippen LogP contribution in [0.25, 0.3) is 10.4 Å². The van der Waals surface area contributed by atoms with Gasteiger partial charge in [-0.1, -0.05) is 5.11 Å². The standard InChI is InChI=1S/C8H5F3N4O/c9-8(10,11)5-1-4(7(12)16)2-6(3-5)14-15-13/h1-3H,(H2,12,16). The van der Waals surface area contributed by atoms with E-state index in [4.69, 9.17) is 11.3 Å². The largest absolute Gasteiger partial charge is 0.416 e. The van der Waals surface area contributed by atoms with Gasteiger partial charge in [-0.3, -0.25) is 4.79 Å². The van der Waals surface area contributed by atoms with Crippen molar-refractivity contribution in [3.05, 3.63) is 39.8 Å². The highest BCUT2D eigenvalue weighted by Gasteiger charge is 2.31. The van der Waals surface area contributed by atoms with Gasteiger partial charge in [0.15, 0.2) is 0 Å². The summed E-state index contributed by atoms with van der Waals surface area (Å²) in [6.45, 7) is 0. The summed E-state index contributed by atoms with van der Waals surface area (Å²) in [5, 5.41) is 3.00. The highest BCUT2D eigenvalue weighted by atomic mass is 19.4. The fourth-order valence-corrected chi connectivity index (χ4v) is 1.03. The van der Waals surface area contributed by atoms with Crippen LogP contribution in [0.4, 0.5) is 18.9 Å². The lowest BCUT2D eigenvalue weighted by Crippen LogP contribution is -2.13. The van der Waals surface area contributed by atoms with Crippen LogP contribution < -0.4 is 5.73 Å². The topological polar surface area (TPSA) is 91.8 Å². The maximum absolute atomic E-state index is 12.4. The lowest BCUT2D eigenvalue weighted by Gasteiger charge is -2.08. The molecule has 1 rings (SSSR count). The number of rotatable bonds is 2. The van der Waals surface area contributed by atoms with Gasteiger partial charge in [0, 0.05) is 16.2 Å². The minimum Gasteiger partial charge on any atom is -0.366 e. The van der Waals surface area contributed by atoms with Crippen molar-refractivity contribution in [1.82, 2.24) is 0 Å². The monoisotopic (exact) mass is 230 g/mol. The predicted octanol–water partition coefficient (Wildman–Crippen LogP) is 2.75. The van der Waals surface area contributed by atoms with Crippen LogP contribution in [0.15, 0.2) is 23.3 Å². The van der Waals surface area contributed by atoms with Gasteiger partial charge in [-0.2, -0.15) is 13.2 Å². The summed E-state index contributed by atoms with van der Waals surface area (Å²) in [6, 6.07) is 2.21. The van der Waals surface area contributed by atoms with E-state index in [1.54, 1.807) is 0 Å². The fourth-order valence-electron chi connectivity index (χ4n) is 1.03. The lowest BCUT2D eigenvalue weighted by molar-refractivity contribution is -0.137. The summed E-state index contributed by atoms with van der Waals surface area (Å²) in [6.07, 6.45) is -4.63. The summed E-state index contributed by atoms with van der Waals surface area (Å²) < 4.78 is 37.1. The summed E-state index contributed by atoms with van der Waals surface area (Å²) >= 11 is 0. The molecule has 0 aliphatic rings. The Morgan fingerprint density at radius 2 is 2.00 bits per heavy atom. The van der Waals surface area contributed by atoms with Gasteiger partial charge in [0.2, 0.25) is 5.91 Å². The molecule has 1 aromatic carbocycles. The van der Waals surface area contributed by atoms with E-state index >= 15 is 0 Å². The van der Waals surface area contributed by atoms with Crippen LogP contribution in [0.2, 0.25) is 0 Å². The van der Waals surface area contributed by atoms with Gasteiger partial charge in [0.1, 0.15) is 0 Å². The molecule has 0 heterocycles. The van der Waals surface area contributed by atoms with Crippen LogP contribution in [-0.2, 0) is 6.18 Å². The molecule has 5 nitrogen and oxygen atoms in total. The van der Waals surface area contributed by atoms with Crippen LogP contribution in [0.5, 0.6) is 0 Å². The van der Waals surface area contributed by atoms with Gasteiger partial charge in [0.05, 0.1) is 5.56 Å². The first kappa shape index (κ1) is 11.9. The van der Waals surface area contributed by atoms with Gasteiger partial charge in [-0.25, -0.2) is 0 Å². The first-order valence-electron chi connectivity index (χ1n) is 3.92. The number of carbonyl (C=O) groups is 1. The predicted molar refractivity (Wildman–Crippen MR) is 48.8 cm³/mol. The Kier molecular flexibility index (Phi) is 3.05. The normalized spacial score (nSPS) is 10.7. The van der Waals surface area contributed by atoms with Crippen LogP contribution in [0.1, 0.15) is 15.9 Å². The lowest BCUT2D eigenvalue weighted by atomic mass is 10.1. The Morgan fingerprint density at radius 1 is 1.38 bits per heavy atom. The average Bonchev–Trinajstić information content (AvgIpc) is 2.16. The number of carbonyl (C=O) groups excluding carboxylic acids is 1. The van der Waals surface area contributed by atoms with E-state index in [-0.39, 0.29) is 11.3 Å². The highest BCUT2D eigenvalue weighted by molar-refractivity contribution is 5.93. The maximum Gasteiger partial charge on any atom is 0.416 e. The van der Waals surface area contributed by atoms with E-state index in [0.717, 1.165) is 6.07 Å². The molecule has 0 fully saturated rings. The van der Waals surface area contributed by atoms with Crippen molar-refractivity contribution < 1.29 is 18.0 Å². The molecule has 0 aliphatic heterocycles. The van der Waals surface area contributed by atoms with Gasteiger partial charge in [-0.15, -0.1) is 0 Å². The molecular weight excluding hydrogens is 225 g/mol. The third kappa shape index (κ3) is 2.64. The molecule has 0 aliphatic carbocycles. The van der Waals surface area contributed by atoms with Crippen LogP contribution in [0, 0.1) is 0 Å². The quantitative estimate of drug-likeness (QED) is 0.472. The second-order valence-corrected chi connectivity index (χ2v) is 2.82. The molecular formula is C8H5F3N4O. The molecule has 16 heavy (non-hydrogen) atoms. The second kappa shape index (κ2) is 4.11. The van der Waals surface area contributed by atoms with Crippen molar-refractivity contribution in [2.45, 2.75) is 6.18 Å². The van der Waals surface area contributed by atoms with E-state index in [1.165, 1.54) is 0 Å². The molecule has 84 valence electrons. The summed E-state index contributed by atoms with van der Waals surface area (Å²) in [7, 11) is 0. The number of amides is 1. The molecule has 0 bridgehead atoms. The second-order valence-electron chi connectivity index (χ2n) is 2.82. The van der Waals surface area contributed by atoms with Gasteiger partial charge < -0.3 is 5.73 Å². The third-order valence-corrected chi connectivity index (χ3v) is 1.69. The smallest absolute Gasteiger partial charge is 0.366 e. The minimum absolute atomic E-state index is 0.314. The third-order valence-electron chi connectivity index (χ3n) is 1.69. The zero-order chi connectivity index (χ0) is 12.3. The molecule has 0 radical (unpaired) electrons. The van der Waals surface area contributed by atoms with Crippen molar-refractivity contribution >= 4 is 11.6 Å². The Balaban J connectivity index is 3.41. The Hall–Kier alpha value is -2.21. The molecule has 1 amide bonds. The molecule has 0 aromatic heterocycles. The number of nitrogens with zero attached hydrogens (tertiary/aromatic N) is 3. The zero-order valence-electron chi connectivity index (χ0n) is 7.69. The van der Waals surface area contributed by atoms with Crippen molar-refractivity contribution in [3.8, 4) is 0 Å². The van der Waals surface area contributed by atoms with E-state index in [2.05, 4.69) is 10.0 Å². The Bertz CT molecular complexity index is 456. The first-order valence-corrected chi connectivity index (χ1v) is 3.92. The molecule has 2 N–H and O–H groups in total. The molecule has 1 aromatic rings. The number of halogens is 3. The number of primary amides is 1. The van der Waals surface area contributed by atoms with Crippen LogP contribution in [-0.4, -0.2) is 5.91 Å². The summed E-state index contributed by atoms with van der Waals surface area (Å²) in [4.78, 5) is 13.1. The Morgan fingerprint density at radius 3 is 2.44 bits per heavy atom. The van der Waals surface area contributed by atoms with E-state index < -0.39 is 17.6 Å². The van der Waals surface area contributed by atoms with Crippen LogP contribution >= 0.6 is 0 Å². The SMILES string of the molecule is [N-]=[N+]=Nc1cc(C(N)=O)cc(C(F)(F)F)c1. The Labute approximate surface area is 87.3 Å². The highest BCUT2D eigenvalue weighted by Crippen LogP contribution is 2.32. The number of hydrogen-bond donors (Lipinski definition) is 1. The summed E-state index contributed by atoms with van der Waals surface area (Å²) in [5.74, 6) is -1.03. The molecule has 8 heteroatoms. The molecule has 0 saturated carbocycles. The molecule has 0 spiro atoms. The van der Waals surface area contributed by atoms with Crippen molar-refractivity contribution in [2.24, 2.45) is 10.8 Å². The number of nitrogens with two attached hydrogens (primary N) is 1. The first-order chi connectivity index (χ1) is 7.34. The number of benzene rings is 1. The molecule has 0 saturated heterocycles. The maximum atomic E-state index is 12.4. The summed E-state index contributed by atoms with van der Waals surface area (Å²) in [5.41, 5.74) is 11.2. The van der Waals surface area contributed by atoms with Gasteiger partial charge in [0.25, 0.3) is 0 Å². The van der Waals surface area contributed by atoms with Gasteiger partial charge >= 0.3 is 6.18 Å². The van der Waals surface area contributed by atoms with E-state index in [1.807, 2.05) is 0 Å². The van der Waals surface area contributed by atoms with Crippen molar-refractivity contribution in [3.63, 3.8) is 0 Å². The van der Waals surface area contributed by atoms with Crippen LogP contribution in [0.3, 0.4) is 0 Å². The molecule has 0 atom stereocenters. The minimum atomic E-state index is -4.63. The van der Waals surface area contributed by atoms with Gasteiger partial charge in [-0.05, 0) is 23.7 Å². The average molecular weight is 230 g/mol. The van der Waals surface area contributed by atoms with Crippen molar-refractivity contribution in [2.75, 3.05) is 0 Å². The van der Waals surface area contributed by atoms with E-state index in [9.17, 15) is 18.0 Å². The fraction of sp³-hybridized carbons (Fsp3) is 0.125.